The van der Waals surface area contributed by atoms with Crippen molar-refractivity contribution in [2.24, 2.45) is 11.8 Å². The molecule has 0 unspecified atom stereocenters. The molecule has 0 radical (unpaired) electrons. The molecule has 3 heteroatoms. The Kier molecular flexibility index (Phi) is 3.29. The molecule has 0 aromatic heterocycles. The van der Waals surface area contributed by atoms with Crippen LogP contribution in [0.2, 0.25) is 0 Å². The predicted molar refractivity (Wildman–Crippen MR) is 46.0 cm³/mol. The van der Waals surface area contributed by atoms with E-state index in [2.05, 4.69) is 11.4 Å². The molecule has 0 aromatic rings. The summed E-state index contributed by atoms with van der Waals surface area (Å²) in [6.07, 6.45) is 5.73. The Morgan fingerprint density at radius 1 is 1.33 bits per heavy atom. The minimum Gasteiger partial charge on any atom is -0.370 e. The molecular weight excluding hydrogens is 154 g/mol. The van der Waals surface area contributed by atoms with Crippen molar-refractivity contribution in [1.82, 2.24) is 0 Å². The van der Waals surface area contributed by atoms with Crippen LogP contribution in [0.4, 0.5) is 0 Å². The van der Waals surface area contributed by atoms with E-state index in [0.29, 0.717) is 11.5 Å². The minimum absolute atomic E-state index is 0.301. The van der Waals surface area contributed by atoms with E-state index in [1.54, 1.807) is 0 Å². The van der Waals surface area contributed by atoms with Crippen molar-refractivity contribution in [3.05, 3.63) is 12.2 Å². The highest BCUT2D eigenvalue weighted by Crippen LogP contribution is 2.28. The lowest BCUT2D eigenvalue weighted by Crippen LogP contribution is -2.19. The van der Waals surface area contributed by atoms with Crippen molar-refractivity contribution in [3.63, 3.8) is 0 Å². The lowest BCUT2D eigenvalue weighted by molar-refractivity contribution is -0.140. The topological polar surface area (TPSA) is 52.3 Å². The fraction of sp³-hybridized carbons (Fsp3) is 0.667. The van der Waals surface area contributed by atoms with Crippen molar-refractivity contribution in [1.29, 1.82) is 0 Å². The number of hydrogen-bond acceptors (Lipinski definition) is 3. The molecule has 0 saturated heterocycles. The van der Waals surface area contributed by atoms with Crippen molar-refractivity contribution in [2.75, 3.05) is 0 Å². The van der Waals surface area contributed by atoms with E-state index >= 15 is 0 Å². The largest absolute Gasteiger partial charge is 0.370 e. The van der Waals surface area contributed by atoms with Crippen LogP contribution in [-0.2, 0) is 9.63 Å². The zero-order valence-corrected chi connectivity index (χ0v) is 7.21. The summed E-state index contributed by atoms with van der Waals surface area (Å²) in [4.78, 5) is 15.1. The molecule has 3 nitrogen and oxygen atoms in total. The second kappa shape index (κ2) is 4.26. The van der Waals surface area contributed by atoms with Crippen LogP contribution in [0.3, 0.4) is 0 Å². The third-order valence-corrected chi connectivity index (χ3v) is 2.47. The van der Waals surface area contributed by atoms with Crippen LogP contribution in [0.1, 0.15) is 32.1 Å². The summed E-state index contributed by atoms with van der Waals surface area (Å²) in [5.41, 5.74) is 0.539. The van der Waals surface area contributed by atoms with Gasteiger partial charge in [0.05, 0.1) is 0 Å². The van der Waals surface area contributed by atoms with E-state index in [1.165, 1.54) is 19.3 Å². The number of rotatable bonds is 2. The highest BCUT2D eigenvalue weighted by Gasteiger charge is 2.21. The van der Waals surface area contributed by atoms with Gasteiger partial charge < -0.3 is 4.84 Å². The van der Waals surface area contributed by atoms with Gasteiger partial charge in [-0.05, 0) is 18.8 Å². The summed E-state index contributed by atoms with van der Waals surface area (Å²) in [6.45, 7) is 3.69. The molecular formula is C9H15NO2. The molecule has 2 N–H and O–H groups in total. The molecule has 1 saturated carbocycles. The Morgan fingerprint density at radius 2 is 1.92 bits per heavy atom. The number of carbonyl (C=O) groups is 1. The summed E-state index contributed by atoms with van der Waals surface area (Å²) in [5, 5.41) is 0. The average molecular weight is 169 g/mol. The predicted octanol–water partition coefficient (Wildman–Crippen LogP) is 1.54. The van der Waals surface area contributed by atoms with Gasteiger partial charge in [0.15, 0.2) is 0 Å². The van der Waals surface area contributed by atoms with Crippen molar-refractivity contribution >= 4 is 5.97 Å². The monoisotopic (exact) mass is 169 g/mol. The maximum atomic E-state index is 11.0. The van der Waals surface area contributed by atoms with Gasteiger partial charge in [-0.2, -0.15) is 5.90 Å². The van der Waals surface area contributed by atoms with Gasteiger partial charge in [-0.1, -0.05) is 25.8 Å². The molecule has 0 bridgehead atoms. The van der Waals surface area contributed by atoms with Gasteiger partial charge in [0.1, 0.15) is 0 Å². The third kappa shape index (κ3) is 2.08. The van der Waals surface area contributed by atoms with Gasteiger partial charge in [-0.15, -0.1) is 0 Å². The Hall–Kier alpha value is -0.830. The summed E-state index contributed by atoms with van der Waals surface area (Å²) in [5.74, 6) is 4.61. The summed E-state index contributed by atoms with van der Waals surface area (Å²) in [7, 11) is 0. The Morgan fingerprint density at radius 3 is 2.42 bits per heavy atom. The van der Waals surface area contributed by atoms with Gasteiger partial charge in [-0.3, -0.25) is 0 Å². The Labute approximate surface area is 72.5 Å². The fourth-order valence-electron chi connectivity index (χ4n) is 1.69. The average Bonchev–Trinajstić information content (AvgIpc) is 2.17. The van der Waals surface area contributed by atoms with E-state index in [0.717, 1.165) is 12.8 Å². The van der Waals surface area contributed by atoms with Gasteiger partial charge in [0, 0.05) is 5.57 Å². The van der Waals surface area contributed by atoms with E-state index < -0.39 is 5.97 Å². The highest BCUT2D eigenvalue weighted by atomic mass is 16.7. The minimum atomic E-state index is -0.457. The molecule has 0 heterocycles. The lowest BCUT2D eigenvalue weighted by atomic mass is 9.84. The van der Waals surface area contributed by atoms with E-state index in [4.69, 9.17) is 5.90 Å². The van der Waals surface area contributed by atoms with Crippen molar-refractivity contribution in [3.8, 4) is 0 Å². The summed E-state index contributed by atoms with van der Waals surface area (Å²) < 4.78 is 0. The molecule has 1 aliphatic rings. The fourth-order valence-corrected chi connectivity index (χ4v) is 1.69. The maximum Gasteiger partial charge on any atom is 0.352 e. The van der Waals surface area contributed by atoms with Crippen molar-refractivity contribution < 1.29 is 9.63 Å². The van der Waals surface area contributed by atoms with Crippen LogP contribution in [0.15, 0.2) is 12.2 Å². The van der Waals surface area contributed by atoms with Crippen LogP contribution in [0.25, 0.3) is 0 Å². The highest BCUT2D eigenvalue weighted by molar-refractivity contribution is 5.87. The number of nitrogens with two attached hydrogens (primary N) is 1. The normalized spacial score (nSPS) is 18.8. The first-order valence-electron chi connectivity index (χ1n) is 4.35. The maximum absolute atomic E-state index is 11.0. The molecule has 1 aliphatic carbocycles. The summed E-state index contributed by atoms with van der Waals surface area (Å²) in [6, 6.07) is 0. The van der Waals surface area contributed by atoms with Crippen LogP contribution in [0, 0.1) is 5.92 Å². The molecule has 0 aliphatic heterocycles. The first-order valence-corrected chi connectivity index (χ1v) is 4.35. The molecule has 1 fully saturated rings. The second-order valence-corrected chi connectivity index (χ2v) is 3.27. The van der Waals surface area contributed by atoms with E-state index in [-0.39, 0.29) is 0 Å². The number of carbonyl (C=O) groups excluding carboxylic acids is 1. The molecule has 0 aromatic carbocycles. The van der Waals surface area contributed by atoms with Crippen LogP contribution < -0.4 is 5.90 Å². The molecule has 68 valence electrons. The first kappa shape index (κ1) is 9.26. The van der Waals surface area contributed by atoms with Gasteiger partial charge in [-0.25, -0.2) is 4.79 Å². The zero-order valence-electron chi connectivity index (χ0n) is 7.21. The van der Waals surface area contributed by atoms with E-state index in [1.807, 2.05) is 0 Å². The Balaban J connectivity index is 2.45. The first-order chi connectivity index (χ1) is 5.75. The zero-order chi connectivity index (χ0) is 8.97. The van der Waals surface area contributed by atoms with Crippen molar-refractivity contribution in [2.45, 2.75) is 32.1 Å². The molecule has 0 atom stereocenters. The second-order valence-electron chi connectivity index (χ2n) is 3.27. The molecule has 0 amide bonds. The lowest BCUT2D eigenvalue weighted by Gasteiger charge is -2.21. The molecule has 0 spiro atoms. The van der Waals surface area contributed by atoms with Gasteiger partial charge in [0.2, 0.25) is 0 Å². The summed E-state index contributed by atoms with van der Waals surface area (Å²) >= 11 is 0. The number of hydrogen-bond donors (Lipinski definition) is 1. The van der Waals surface area contributed by atoms with Crippen LogP contribution >= 0.6 is 0 Å². The Bertz CT molecular complexity index is 183. The third-order valence-electron chi connectivity index (χ3n) is 2.47. The smallest absolute Gasteiger partial charge is 0.352 e. The SMILES string of the molecule is C=C(C(=O)ON)C1CCCCC1. The molecule has 12 heavy (non-hydrogen) atoms. The van der Waals surface area contributed by atoms with Gasteiger partial charge >= 0.3 is 5.97 Å². The molecule has 1 rings (SSSR count). The van der Waals surface area contributed by atoms with Crippen LogP contribution in [-0.4, -0.2) is 5.97 Å². The van der Waals surface area contributed by atoms with E-state index in [9.17, 15) is 4.79 Å². The quantitative estimate of drug-likeness (QED) is 0.504. The van der Waals surface area contributed by atoms with Gasteiger partial charge in [0.25, 0.3) is 0 Å². The standard InChI is InChI=1S/C9H15NO2/c1-7(9(11)12-10)8-5-3-2-4-6-8/h8H,1-6,10H2. The van der Waals surface area contributed by atoms with Crippen LogP contribution in [0.5, 0.6) is 0 Å².